The molecule has 0 radical (unpaired) electrons. The normalized spacial score (nSPS) is 40.4. The molecule has 14 heavy (non-hydrogen) atoms. The number of fused-ring (bicyclic) bond motifs is 2. The van der Waals surface area contributed by atoms with E-state index in [0.29, 0.717) is 5.92 Å². The number of sulfonamides is 1. The molecule has 3 atom stereocenters. The summed E-state index contributed by atoms with van der Waals surface area (Å²) in [6.07, 6.45) is 3.69. The van der Waals surface area contributed by atoms with Crippen molar-refractivity contribution in [3.05, 3.63) is 0 Å². The zero-order chi connectivity index (χ0) is 10.6. The summed E-state index contributed by atoms with van der Waals surface area (Å²) in [4.78, 5) is 0. The van der Waals surface area contributed by atoms with Crippen LogP contribution in [0.1, 0.15) is 33.1 Å². The number of nitrogens with two attached hydrogens (primary N) is 1. The van der Waals surface area contributed by atoms with Crippen LogP contribution in [0.4, 0.5) is 0 Å². The van der Waals surface area contributed by atoms with Gasteiger partial charge in [0, 0.05) is 0 Å². The second kappa shape index (κ2) is 2.95. The third-order valence-electron chi connectivity index (χ3n) is 4.46. The van der Waals surface area contributed by atoms with Crippen molar-refractivity contribution in [1.82, 2.24) is 0 Å². The van der Waals surface area contributed by atoms with Crippen molar-refractivity contribution < 1.29 is 8.42 Å². The van der Waals surface area contributed by atoms with Gasteiger partial charge in [0.05, 0.1) is 5.75 Å². The highest BCUT2D eigenvalue weighted by atomic mass is 32.2. The molecule has 0 spiro atoms. The molecule has 3 nitrogen and oxygen atoms in total. The Morgan fingerprint density at radius 2 is 2.00 bits per heavy atom. The minimum atomic E-state index is -3.30. The molecule has 3 unspecified atom stereocenters. The van der Waals surface area contributed by atoms with Crippen molar-refractivity contribution in [2.45, 2.75) is 33.1 Å². The van der Waals surface area contributed by atoms with Gasteiger partial charge < -0.3 is 0 Å². The molecule has 2 bridgehead atoms. The first kappa shape index (κ1) is 10.4. The van der Waals surface area contributed by atoms with Gasteiger partial charge in [-0.1, -0.05) is 13.8 Å². The van der Waals surface area contributed by atoms with E-state index in [1.165, 1.54) is 19.3 Å². The second-order valence-corrected chi connectivity index (χ2v) is 7.19. The Balaban J connectivity index is 2.20. The van der Waals surface area contributed by atoms with Crippen molar-refractivity contribution in [2.75, 3.05) is 5.75 Å². The van der Waals surface area contributed by atoms with Gasteiger partial charge in [0.25, 0.3) is 0 Å². The standard InChI is InChI=1S/C10H19NO2S/c1-10(2)8-4-3-7(5-8)9(10)6-14(11,12)13/h7-9H,3-6H2,1-2H3,(H2,11,12,13). The van der Waals surface area contributed by atoms with E-state index in [0.717, 1.165) is 5.92 Å². The first-order valence-corrected chi connectivity index (χ1v) is 7.03. The Labute approximate surface area is 86.1 Å². The lowest BCUT2D eigenvalue weighted by Crippen LogP contribution is -2.37. The van der Waals surface area contributed by atoms with Crippen LogP contribution >= 0.6 is 0 Å². The quantitative estimate of drug-likeness (QED) is 0.759. The second-order valence-electron chi connectivity index (χ2n) is 5.53. The van der Waals surface area contributed by atoms with E-state index in [1.807, 2.05) is 0 Å². The molecule has 82 valence electrons. The molecule has 0 aromatic heterocycles. The van der Waals surface area contributed by atoms with Crippen molar-refractivity contribution in [2.24, 2.45) is 28.3 Å². The maximum absolute atomic E-state index is 11.1. The zero-order valence-electron chi connectivity index (χ0n) is 8.86. The third kappa shape index (κ3) is 1.58. The van der Waals surface area contributed by atoms with Gasteiger partial charge in [-0.15, -0.1) is 0 Å². The van der Waals surface area contributed by atoms with Crippen molar-refractivity contribution in [3.63, 3.8) is 0 Å². The number of hydrogen-bond donors (Lipinski definition) is 1. The van der Waals surface area contributed by atoms with Crippen LogP contribution in [-0.4, -0.2) is 14.2 Å². The lowest BCUT2D eigenvalue weighted by Gasteiger charge is -2.37. The van der Waals surface area contributed by atoms with Crippen molar-refractivity contribution in [1.29, 1.82) is 0 Å². The average molecular weight is 217 g/mol. The topological polar surface area (TPSA) is 60.2 Å². The Morgan fingerprint density at radius 3 is 2.43 bits per heavy atom. The van der Waals surface area contributed by atoms with E-state index in [9.17, 15) is 8.42 Å². The van der Waals surface area contributed by atoms with Crippen LogP contribution in [0.5, 0.6) is 0 Å². The van der Waals surface area contributed by atoms with Crippen LogP contribution in [0.3, 0.4) is 0 Å². The molecule has 0 heterocycles. The fraction of sp³-hybridized carbons (Fsp3) is 1.00. The molecule has 2 aliphatic rings. The van der Waals surface area contributed by atoms with Crippen LogP contribution in [0.15, 0.2) is 0 Å². The first-order chi connectivity index (χ1) is 6.31. The molecule has 0 saturated heterocycles. The molecule has 2 N–H and O–H groups in total. The summed E-state index contributed by atoms with van der Waals surface area (Å²) in [5, 5.41) is 5.14. The van der Waals surface area contributed by atoms with E-state index >= 15 is 0 Å². The summed E-state index contributed by atoms with van der Waals surface area (Å²) < 4.78 is 22.3. The Bertz CT molecular complexity index is 334. The van der Waals surface area contributed by atoms with Crippen LogP contribution in [0.25, 0.3) is 0 Å². The van der Waals surface area contributed by atoms with E-state index in [1.54, 1.807) is 0 Å². The predicted octanol–water partition coefficient (Wildman–Crippen LogP) is 1.35. The highest BCUT2D eigenvalue weighted by Crippen LogP contribution is 2.59. The molecule has 0 aromatic carbocycles. The number of hydrogen-bond acceptors (Lipinski definition) is 2. The summed E-state index contributed by atoms with van der Waals surface area (Å²) in [5.41, 5.74) is 0.176. The zero-order valence-corrected chi connectivity index (χ0v) is 9.68. The molecule has 2 fully saturated rings. The average Bonchev–Trinajstić information content (AvgIpc) is 2.51. The van der Waals surface area contributed by atoms with Crippen molar-refractivity contribution >= 4 is 10.0 Å². The highest BCUT2D eigenvalue weighted by molar-refractivity contribution is 7.89. The molecule has 0 amide bonds. The summed E-state index contributed by atoms with van der Waals surface area (Å²) >= 11 is 0. The van der Waals surface area contributed by atoms with Crippen LogP contribution in [0, 0.1) is 23.2 Å². The van der Waals surface area contributed by atoms with Gasteiger partial charge >= 0.3 is 0 Å². The van der Waals surface area contributed by atoms with Crippen LogP contribution < -0.4 is 5.14 Å². The van der Waals surface area contributed by atoms with Gasteiger partial charge in [-0.3, -0.25) is 0 Å². The van der Waals surface area contributed by atoms with Crippen LogP contribution in [-0.2, 0) is 10.0 Å². The van der Waals surface area contributed by atoms with Gasteiger partial charge in [-0.05, 0) is 42.4 Å². The summed E-state index contributed by atoms with van der Waals surface area (Å²) in [7, 11) is -3.30. The van der Waals surface area contributed by atoms with E-state index in [4.69, 9.17) is 5.14 Å². The van der Waals surface area contributed by atoms with Crippen LogP contribution in [0.2, 0.25) is 0 Å². The molecule has 0 aliphatic heterocycles. The van der Waals surface area contributed by atoms with Gasteiger partial charge in [0.1, 0.15) is 0 Å². The Kier molecular flexibility index (Phi) is 2.20. The van der Waals surface area contributed by atoms with Crippen molar-refractivity contribution in [3.8, 4) is 0 Å². The lowest BCUT2D eigenvalue weighted by molar-refractivity contribution is 0.139. The van der Waals surface area contributed by atoms with E-state index in [-0.39, 0.29) is 17.1 Å². The molecule has 2 saturated carbocycles. The Morgan fingerprint density at radius 1 is 1.36 bits per heavy atom. The van der Waals surface area contributed by atoms with E-state index < -0.39 is 10.0 Å². The van der Waals surface area contributed by atoms with Gasteiger partial charge in [-0.25, -0.2) is 13.6 Å². The predicted molar refractivity (Wildman–Crippen MR) is 56.1 cm³/mol. The van der Waals surface area contributed by atoms with Gasteiger partial charge in [0.15, 0.2) is 0 Å². The maximum atomic E-state index is 11.1. The largest absolute Gasteiger partial charge is 0.229 e. The van der Waals surface area contributed by atoms with Gasteiger partial charge in [-0.2, -0.15) is 0 Å². The molecule has 0 aromatic rings. The minimum absolute atomic E-state index is 0.176. The minimum Gasteiger partial charge on any atom is -0.229 e. The summed E-state index contributed by atoms with van der Waals surface area (Å²) in [6.45, 7) is 4.40. The SMILES string of the molecule is CC1(C)C2CCC(C2)C1CS(N)(=O)=O. The number of primary sulfonamides is 1. The number of rotatable bonds is 2. The molecule has 2 aliphatic carbocycles. The maximum Gasteiger partial charge on any atom is 0.209 e. The monoisotopic (exact) mass is 217 g/mol. The molecular formula is C10H19NO2S. The summed E-state index contributed by atoms with van der Waals surface area (Å²) in [5.74, 6) is 1.80. The fourth-order valence-corrected chi connectivity index (χ4v) is 4.77. The smallest absolute Gasteiger partial charge is 0.209 e. The third-order valence-corrected chi connectivity index (χ3v) is 5.29. The Hall–Kier alpha value is -0.0900. The summed E-state index contributed by atoms with van der Waals surface area (Å²) in [6, 6.07) is 0. The lowest BCUT2D eigenvalue weighted by atomic mass is 9.69. The fourth-order valence-electron chi connectivity index (χ4n) is 3.57. The molecular weight excluding hydrogens is 198 g/mol. The highest BCUT2D eigenvalue weighted by Gasteiger charge is 2.53. The molecule has 4 heteroatoms. The molecule has 2 rings (SSSR count). The van der Waals surface area contributed by atoms with Gasteiger partial charge in [0.2, 0.25) is 10.0 Å². The first-order valence-electron chi connectivity index (χ1n) is 5.31. The van der Waals surface area contributed by atoms with E-state index in [2.05, 4.69) is 13.8 Å².